The van der Waals surface area contributed by atoms with Crippen molar-refractivity contribution in [3.05, 3.63) is 12.0 Å². The van der Waals surface area contributed by atoms with Crippen LogP contribution in [0.5, 0.6) is 0 Å². The van der Waals surface area contributed by atoms with Crippen LogP contribution in [0, 0.1) is 0 Å². The van der Waals surface area contributed by atoms with Crippen LogP contribution >= 0.6 is 0 Å². The molecule has 62 valence electrons. The lowest BCUT2D eigenvalue weighted by atomic mass is 10.5. The molecule has 1 rings (SSSR count). The summed E-state index contributed by atoms with van der Waals surface area (Å²) in [6, 6.07) is 0.187. The molecule has 1 heterocycles. The topological polar surface area (TPSA) is 61.3 Å². The van der Waals surface area contributed by atoms with Gasteiger partial charge in [-0.15, -0.1) is 0 Å². The molecule has 0 spiro atoms. The third-order valence-electron chi connectivity index (χ3n) is 1.13. The molecule has 4 nitrogen and oxygen atoms in total. The number of hydrogen-bond acceptors (Lipinski definition) is 4. The van der Waals surface area contributed by atoms with E-state index in [1.165, 1.54) is 0 Å². The Balaban J connectivity index is 2.39. The van der Waals surface area contributed by atoms with Crippen LogP contribution in [0.1, 0.15) is 19.6 Å². The van der Waals surface area contributed by atoms with Gasteiger partial charge in [0, 0.05) is 0 Å². The van der Waals surface area contributed by atoms with Crippen LogP contribution in [0.2, 0.25) is 0 Å². The van der Waals surface area contributed by atoms with Crippen LogP contribution in [0.4, 0.5) is 6.01 Å². The lowest BCUT2D eigenvalue weighted by Crippen LogP contribution is -2.01. The molecule has 0 aliphatic heterocycles. The Hall–Kier alpha value is -1.03. The van der Waals surface area contributed by atoms with Gasteiger partial charge in [0.15, 0.2) is 5.76 Å². The third-order valence-corrected chi connectivity index (χ3v) is 1.13. The van der Waals surface area contributed by atoms with E-state index in [0.29, 0.717) is 12.4 Å². The highest BCUT2D eigenvalue weighted by molar-refractivity contribution is 5.10. The summed E-state index contributed by atoms with van der Waals surface area (Å²) < 4.78 is 10.2. The van der Waals surface area contributed by atoms with Crippen LogP contribution < -0.4 is 5.73 Å². The number of aromatic nitrogens is 1. The number of nitrogens with zero attached hydrogens (tertiary/aromatic N) is 1. The Morgan fingerprint density at radius 3 is 2.91 bits per heavy atom. The SMILES string of the molecule is CC(C)OCc1cnc(N)o1. The minimum atomic E-state index is 0.187. The van der Waals surface area contributed by atoms with Crippen LogP contribution in [-0.2, 0) is 11.3 Å². The highest BCUT2D eigenvalue weighted by Gasteiger charge is 2.00. The van der Waals surface area contributed by atoms with Gasteiger partial charge < -0.3 is 14.9 Å². The van der Waals surface area contributed by atoms with Crippen LogP contribution in [0.3, 0.4) is 0 Å². The zero-order valence-electron chi connectivity index (χ0n) is 6.70. The van der Waals surface area contributed by atoms with Crippen molar-refractivity contribution in [2.75, 3.05) is 5.73 Å². The maximum absolute atomic E-state index is 5.25. The molecule has 4 heteroatoms. The number of oxazole rings is 1. The molecule has 0 radical (unpaired) electrons. The maximum Gasteiger partial charge on any atom is 0.292 e. The van der Waals surface area contributed by atoms with E-state index >= 15 is 0 Å². The molecule has 0 aromatic carbocycles. The molecule has 0 atom stereocenters. The molecule has 0 unspecified atom stereocenters. The van der Waals surface area contributed by atoms with Crippen molar-refractivity contribution in [3.63, 3.8) is 0 Å². The van der Waals surface area contributed by atoms with Crippen LogP contribution in [-0.4, -0.2) is 11.1 Å². The number of rotatable bonds is 3. The third kappa shape index (κ3) is 2.59. The molecule has 0 amide bonds. The molecule has 0 saturated carbocycles. The summed E-state index contributed by atoms with van der Waals surface area (Å²) in [5, 5.41) is 0. The summed E-state index contributed by atoms with van der Waals surface area (Å²) in [5.41, 5.74) is 5.25. The predicted octanol–water partition coefficient (Wildman–Crippen LogP) is 1.18. The van der Waals surface area contributed by atoms with Gasteiger partial charge in [-0.25, -0.2) is 4.98 Å². The van der Waals surface area contributed by atoms with E-state index < -0.39 is 0 Å². The average Bonchev–Trinajstić information content (AvgIpc) is 2.31. The maximum atomic E-state index is 5.25. The lowest BCUT2D eigenvalue weighted by molar-refractivity contribution is 0.0549. The quantitative estimate of drug-likeness (QED) is 0.713. The first-order valence-corrected chi connectivity index (χ1v) is 3.50. The van der Waals surface area contributed by atoms with Gasteiger partial charge in [0.25, 0.3) is 6.01 Å². The number of anilines is 1. The number of hydrogen-bond donors (Lipinski definition) is 1. The summed E-state index contributed by atoms with van der Waals surface area (Å²) in [5.74, 6) is 0.663. The molecule has 2 N–H and O–H groups in total. The zero-order chi connectivity index (χ0) is 8.27. The average molecular weight is 156 g/mol. The van der Waals surface area contributed by atoms with E-state index in [9.17, 15) is 0 Å². The molecule has 0 saturated heterocycles. The zero-order valence-corrected chi connectivity index (χ0v) is 6.70. The summed E-state index contributed by atoms with van der Waals surface area (Å²) in [4.78, 5) is 3.73. The fourth-order valence-corrected chi connectivity index (χ4v) is 0.638. The van der Waals surface area contributed by atoms with Gasteiger partial charge in [-0.3, -0.25) is 0 Å². The summed E-state index contributed by atoms with van der Waals surface area (Å²) in [6.07, 6.45) is 1.76. The summed E-state index contributed by atoms with van der Waals surface area (Å²) in [7, 11) is 0. The Morgan fingerprint density at radius 1 is 1.73 bits per heavy atom. The van der Waals surface area contributed by atoms with E-state index in [0.717, 1.165) is 0 Å². The molecule has 0 bridgehead atoms. The van der Waals surface area contributed by atoms with Gasteiger partial charge in [-0.1, -0.05) is 0 Å². The number of nitrogen functional groups attached to an aromatic ring is 1. The van der Waals surface area contributed by atoms with E-state index in [1.54, 1.807) is 6.20 Å². The Bertz CT molecular complexity index is 220. The van der Waals surface area contributed by atoms with E-state index in [4.69, 9.17) is 14.9 Å². The van der Waals surface area contributed by atoms with Crippen LogP contribution in [0.15, 0.2) is 10.6 Å². The first-order chi connectivity index (χ1) is 5.18. The van der Waals surface area contributed by atoms with Crippen molar-refractivity contribution >= 4 is 6.01 Å². The minimum absolute atomic E-state index is 0.187. The summed E-state index contributed by atoms with van der Waals surface area (Å²) >= 11 is 0. The van der Waals surface area contributed by atoms with Crippen LogP contribution in [0.25, 0.3) is 0 Å². The number of ether oxygens (including phenoxy) is 1. The molecular formula is C7H12N2O2. The van der Waals surface area contributed by atoms with Crippen molar-refractivity contribution < 1.29 is 9.15 Å². The van der Waals surface area contributed by atoms with Gasteiger partial charge in [-0.2, -0.15) is 0 Å². The molecule has 1 aromatic heterocycles. The highest BCUT2D eigenvalue weighted by atomic mass is 16.5. The Kier molecular flexibility index (Phi) is 2.48. The van der Waals surface area contributed by atoms with Crippen molar-refractivity contribution in [2.24, 2.45) is 0 Å². The molecule has 0 fully saturated rings. The monoisotopic (exact) mass is 156 g/mol. The second-order valence-corrected chi connectivity index (χ2v) is 2.52. The molecule has 1 aromatic rings. The molecule has 0 aliphatic carbocycles. The smallest absolute Gasteiger partial charge is 0.292 e. The largest absolute Gasteiger partial charge is 0.426 e. The molecular weight excluding hydrogens is 144 g/mol. The predicted molar refractivity (Wildman–Crippen MR) is 40.8 cm³/mol. The first kappa shape index (κ1) is 8.07. The Morgan fingerprint density at radius 2 is 2.45 bits per heavy atom. The molecule has 11 heavy (non-hydrogen) atoms. The minimum Gasteiger partial charge on any atom is -0.426 e. The normalized spacial score (nSPS) is 10.8. The van der Waals surface area contributed by atoms with Crippen molar-refractivity contribution in [1.82, 2.24) is 4.98 Å². The Labute approximate surface area is 65.4 Å². The van der Waals surface area contributed by atoms with Crippen molar-refractivity contribution in [3.8, 4) is 0 Å². The van der Waals surface area contributed by atoms with Crippen molar-refractivity contribution in [2.45, 2.75) is 26.6 Å². The fraction of sp³-hybridized carbons (Fsp3) is 0.571. The van der Waals surface area contributed by atoms with Crippen molar-refractivity contribution in [1.29, 1.82) is 0 Å². The standard InChI is InChI=1S/C7H12N2O2/c1-5(2)10-4-6-3-9-7(8)11-6/h3,5H,4H2,1-2H3,(H2,8,9). The van der Waals surface area contributed by atoms with Gasteiger partial charge >= 0.3 is 0 Å². The van der Waals surface area contributed by atoms with E-state index in [2.05, 4.69) is 4.98 Å². The lowest BCUT2D eigenvalue weighted by Gasteiger charge is -2.03. The van der Waals surface area contributed by atoms with Gasteiger partial charge in [0.05, 0.1) is 12.3 Å². The second-order valence-electron chi connectivity index (χ2n) is 2.52. The summed E-state index contributed by atoms with van der Waals surface area (Å²) in [6.45, 7) is 4.35. The molecule has 0 aliphatic rings. The van der Waals surface area contributed by atoms with E-state index in [1.807, 2.05) is 13.8 Å². The van der Waals surface area contributed by atoms with E-state index in [-0.39, 0.29) is 12.1 Å². The first-order valence-electron chi connectivity index (χ1n) is 3.50. The van der Waals surface area contributed by atoms with Gasteiger partial charge in [-0.05, 0) is 13.8 Å². The van der Waals surface area contributed by atoms with Gasteiger partial charge in [0.1, 0.15) is 6.61 Å². The fourth-order valence-electron chi connectivity index (χ4n) is 0.638. The highest BCUT2D eigenvalue weighted by Crippen LogP contribution is 2.06. The second kappa shape index (κ2) is 3.39. The van der Waals surface area contributed by atoms with Gasteiger partial charge in [0.2, 0.25) is 0 Å². The number of nitrogens with two attached hydrogens (primary N) is 1.